The van der Waals surface area contributed by atoms with Crippen molar-refractivity contribution in [3.05, 3.63) is 0 Å². The van der Waals surface area contributed by atoms with Crippen LogP contribution in [0.4, 0.5) is 0 Å². The zero-order valence-corrected chi connectivity index (χ0v) is 6.44. The second-order valence-corrected chi connectivity index (χ2v) is 2.18. The smallest absolute Gasteiger partial charge is 0.217 e. The normalized spacial score (nSPS) is 18.0. The lowest BCUT2D eigenvalue weighted by atomic mass is 10.2. The van der Waals surface area contributed by atoms with Crippen LogP contribution in [0.25, 0.3) is 0 Å². The molecule has 1 amide bonds. The Morgan fingerprint density at radius 1 is 1.80 bits per heavy atom. The number of nitrogens with one attached hydrogen (secondary N) is 1. The molecule has 3 nitrogen and oxygen atoms in total. The van der Waals surface area contributed by atoms with E-state index >= 15 is 0 Å². The third kappa shape index (κ3) is 3.50. The maximum atomic E-state index is 10.9. The van der Waals surface area contributed by atoms with Crippen LogP contribution in [0.2, 0.25) is 0 Å². The van der Waals surface area contributed by atoms with Crippen LogP contribution in [0, 0.1) is 0 Å². The highest BCUT2D eigenvalue weighted by Gasteiger charge is 2.11. The number of Topliss-reactive ketones (excluding diaryl/α,β-unsaturated/α-hetero) is 1. The predicted molar refractivity (Wildman–Crippen MR) is 42.1 cm³/mol. The molecule has 0 aromatic rings. The summed E-state index contributed by atoms with van der Waals surface area (Å²) in [6.07, 6.45) is 0. The van der Waals surface area contributed by atoms with Gasteiger partial charge >= 0.3 is 0 Å². The molecular formula is C6H11NO2S. The highest BCUT2D eigenvalue weighted by molar-refractivity contribution is 7.80. The van der Waals surface area contributed by atoms with Gasteiger partial charge in [0, 0.05) is 16.7 Å². The van der Waals surface area contributed by atoms with Crippen LogP contribution < -0.4 is 5.32 Å². The molecule has 0 aliphatic heterocycles. The Bertz CT molecular complexity index is 216. The lowest BCUT2D eigenvalue weighted by Crippen LogP contribution is -2.39. The van der Waals surface area contributed by atoms with Gasteiger partial charge in [-0.05, 0) is 6.92 Å². The zero-order valence-electron chi connectivity index (χ0n) is 8.55. The number of thiol groups is 1. The molecule has 0 fully saturated rings. The first kappa shape index (κ1) is 5.18. The minimum Gasteiger partial charge on any atom is -0.346 e. The van der Waals surface area contributed by atoms with Crippen molar-refractivity contribution in [3.63, 3.8) is 0 Å². The van der Waals surface area contributed by atoms with Gasteiger partial charge in [0.05, 0.1) is 6.04 Å². The number of rotatable bonds is 3. The first-order valence-corrected chi connectivity index (χ1v) is 3.34. The summed E-state index contributed by atoms with van der Waals surface area (Å²) in [5.41, 5.74) is 0. The highest BCUT2D eigenvalue weighted by atomic mass is 32.1. The fourth-order valence-corrected chi connectivity index (χ4v) is 0.782. The molecule has 10 heavy (non-hydrogen) atoms. The van der Waals surface area contributed by atoms with Crippen molar-refractivity contribution in [1.29, 1.82) is 0 Å². The second-order valence-electron chi connectivity index (χ2n) is 1.82. The van der Waals surface area contributed by atoms with Crippen molar-refractivity contribution in [2.75, 3.05) is 5.75 Å². The van der Waals surface area contributed by atoms with Crippen molar-refractivity contribution in [2.45, 2.75) is 19.8 Å². The van der Waals surface area contributed by atoms with Crippen LogP contribution in [-0.4, -0.2) is 23.5 Å². The molecule has 1 atom stereocenters. The first-order chi connectivity index (χ1) is 5.79. The third-order valence-corrected chi connectivity index (χ3v) is 1.34. The van der Waals surface area contributed by atoms with Gasteiger partial charge in [0.25, 0.3) is 0 Å². The van der Waals surface area contributed by atoms with E-state index in [1.54, 1.807) is 0 Å². The van der Waals surface area contributed by atoms with E-state index in [4.69, 9.17) is 4.11 Å². The number of hydrogen-bond acceptors (Lipinski definition) is 3. The van der Waals surface area contributed by atoms with Crippen LogP contribution in [0.3, 0.4) is 0 Å². The molecule has 0 radical (unpaired) electrons. The van der Waals surface area contributed by atoms with E-state index in [1.807, 2.05) is 0 Å². The van der Waals surface area contributed by atoms with Gasteiger partial charge in [0.2, 0.25) is 5.91 Å². The van der Waals surface area contributed by atoms with Gasteiger partial charge in [0.15, 0.2) is 5.78 Å². The van der Waals surface area contributed by atoms with Crippen molar-refractivity contribution >= 4 is 24.3 Å². The summed E-state index contributed by atoms with van der Waals surface area (Å²) in [4.78, 5) is 21.7. The Balaban J connectivity index is 4.26. The highest BCUT2D eigenvalue weighted by Crippen LogP contribution is 1.88. The Morgan fingerprint density at radius 3 is 2.70 bits per heavy atom. The molecule has 4 heteroatoms. The number of amides is 1. The molecule has 0 saturated heterocycles. The molecule has 58 valence electrons. The summed E-state index contributed by atoms with van der Waals surface area (Å²) in [6.45, 7) is -1.45. The number of hydrogen-bond donors (Lipinski definition) is 2. The number of carbonyl (C=O) groups excluding carboxylic acids is 2. The minimum atomic E-state index is -2.71. The van der Waals surface area contributed by atoms with Crippen LogP contribution in [0.5, 0.6) is 0 Å². The monoisotopic (exact) mass is 164 g/mol. The van der Waals surface area contributed by atoms with Gasteiger partial charge in [-0.15, -0.1) is 0 Å². The van der Waals surface area contributed by atoms with Gasteiger partial charge in [-0.1, -0.05) is 0 Å². The SMILES string of the molecule is [2H]C([2H])([2H])C(=O)N[C@@H](CS)C(C)=O. The second kappa shape index (κ2) is 4.33. The fraction of sp³-hybridized carbons (Fsp3) is 0.667. The number of ketones is 1. The third-order valence-electron chi connectivity index (χ3n) is 0.979. The van der Waals surface area contributed by atoms with E-state index in [0.29, 0.717) is 0 Å². The van der Waals surface area contributed by atoms with E-state index in [9.17, 15) is 9.59 Å². The maximum Gasteiger partial charge on any atom is 0.217 e. The van der Waals surface area contributed by atoms with E-state index in [-0.39, 0.29) is 11.5 Å². The molecule has 0 aromatic heterocycles. The number of carbonyl (C=O) groups is 2. The standard InChI is InChI=1S/C6H11NO2S/c1-4(8)6(3-10)7-5(2)9/h6,10H,3H2,1-2H3,(H,7,9)/t6-/m0/s1/i2D3. The summed E-state index contributed by atoms with van der Waals surface area (Å²) < 4.78 is 20.2. The molecule has 0 aromatic carbocycles. The van der Waals surface area contributed by atoms with Gasteiger partial charge < -0.3 is 5.32 Å². The van der Waals surface area contributed by atoms with E-state index < -0.39 is 18.8 Å². The summed E-state index contributed by atoms with van der Waals surface area (Å²) in [7, 11) is 0. The molecule has 0 rings (SSSR count). The Morgan fingerprint density at radius 2 is 2.40 bits per heavy atom. The molecule has 0 aliphatic carbocycles. The summed E-state index contributed by atoms with van der Waals surface area (Å²) in [6, 6.07) is -0.823. The first-order valence-electron chi connectivity index (χ1n) is 4.21. The molecule has 0 heterocycles. The fourth-order valence-electron chi connectivity index (χ4n) is 0.434. The quantitative estimate of drug-likeness (QED) is 0.577. The van der Waals surface area contributed by atoms with Gasteiger partial charge in [0.1, 0.15) is 0 Å². The van der Waals surface area contributed by atoms with Crippen molar-refractivity contribution in [2.24, 2.45) is 0 Å². The molecule has 1 N–H and O–H groups in total. The topological polar surface area (TPSA) is 46.2 Å². The maximum absolute atomic E-state index is 10.9. The van der Waals surface area contributed by atoms with Crippen LogP contribution in [0.15, 0.2) is 0 Å². The Kier molecular flexibility index (Phi) is 2.24. The van der Waals surface area contributed by atoms with E-state index in [2.05, 4.69) is 17.9 Å². The van der Waals surface area contributed by atoms with Crippen molar-refractivity contribution < 1.29 is 13.7 Å². The average molecular weight is 164 g/mol. The molecule has 0 saturated carbocycles. The lowest BCUT2D eigenvalue weighted by molar-refractivity contribution is -0.125. The zero-order chi connectivity index (χ0) is 10.6. The Hall–Kier alpha value is -0.510. The summed E-state index contributed by atoms with van der Waals surface area (Å²) in [5.74, 6) is -1.34. The van der Waals surface area contributed by atoms with Gasteiger partial charge in [-0.3, -0.25) is 9.59 Å². The largest absolute Gasteiger partial charge is 0.346 e. The van der Waals surface area contributed by atoms with Crippen molar-refractivity contribution in [1.82, 2.24) is 5.32 Å². The molecule has 0 bridgehead atoms. The van der Waals surface area contributed by atoms with Gasteiger partial charge in [-0.2, -0.15) is 12.6 Å². The molecular weight excluding hydrogens is 150 g/mol. The average Bonchev–Trinajstić information content (AvgIpc) is 1.96. The van der Waals surface area contributed by atoms with Crippen molar-refractivity contribution in [3.8, 4) is 0 Å². The van der Waals surface area contributed by atoms with Crippen LogP contribution in [0.1, 0.15) is 17.9 Å². The summed E-state index contributed by atoms with van der Waals surface area (Å²) in [5, 5.41) is 2.08. The molecule has 0 unspecified atom stereocenters. The summed E-state index contributed by atoms with van der Waals surface area (Å²) >= 11 is 3.81. The lowest BCUT2D eigenvalue weighted by Gasteiger charge is -2.10. The van der Waals surface area contributed by atoms with Crippen LogP contribution >= 0.6 is 12.6 Å². The molecule has 0 spiro atoms. The van der Waals surface area contributed by atoms with E-state index in [1.165, 1.54) is 6.92 Å². The van der Waals surface area contributed by atoms with Crippen LogP contribution in [-0.2, 0) is 9.59 Å². The predicted octanol–water partition coefficient (Wildman–Crippen LogP) is 0.00990. The Labute approximate surface area is 69.8 Å². The van der Waals surface area contributed by atoms with E-state index in [0.717, 1.165) is 0 Å². The van der Waals surface area contributed by atoms with Gasteiger partial charge in [-0.25, -0.2) is 0 Å². The molecule has 0 aliphatic rings. The minimum absolute atomic E-state index is 0.0944.